The van der Waals surface area contributed by atoms with Gasteiger partial charge >= 0.3 is 6.18 Å². The minimum atomic E-state index is -4.83. The maximum Gasteiger partial charge on any atom is 0.417 e. The number of aromatic hydroxyl groups is 1. The number of phenols is 1. The molecule has 5 aromatic rings. The Labute approximate surface area is 254 Å². The predicted octanol–water partition coefficient (Wildman–Crippen LogP) is 9.76. The van der Waals surface area contributed by atoms with E-state index in [2.05, 4.69) is 30.7 Å². The minimum Gasteiger partial charge on any atom is -0.506 e. The zero-order valence-electron chi connectivity index (χ0n) is 22.5. The number of phenolic OH excluding ortho intramolecular Hbond substituents is 1. The fraction of sp³-hybridized carbons (Fsp3) is 0.233. The summed E-state index contributed by atoms with van der Waals surface area (Å²) in [4.78, 5) is 4.44. The summed E-state index contributed by atoms with van der Waals surface area (Å²) in [6.07, 6.45) is -1.58. The monoisotopic (exact) mass is 650 g/mol. The molecule has 0 aliphatic heterocycles. The molecule has 1 atom stereocenters. The number of rotatable bonds is 9. The lowest BCUT2D eigenvalue weighted by Crippen LogP contribution is -2.15. The lowest BCUT2D eigenvalue weighted by atomic mass is 9.97. The van der Waals surface area contributed by atoms with Gasteiger partial charge in [-0.3, -0.25) is 4.72 Å². The summed E-state index contributed by atoms with van der Waals surface area (Å²) in [5.74, 6) is 0.511. The molecular weight excluding hydrogens is 625 g/mol. The normalized spacial score (nSPS) is 13.1. The van der Waals surface area contributed by atoms with Gasteiger partial charge in [-0.15, -0.1) is 11.3 Å². The molecule has 0 spiro atoms. The molecule has 5 nitrogen and oxygen atoms in total. The minimum absolute atomic E-state index is 0.0577. The van der Waals surface area contributed by atoms with Gasteiger partial charge in [-0.05, 0) is 54.3 Å². The fourth-order valence-corrected chi connectivity index (χ4v) is 8.30. The number of thiazole rings is 1. The lowest BCUT2D eigenvalue weighted by Gasteiger charge is -2.15. The molecule has 2 N–H and O–H groups in total. The summed E-state index contributed by atoms with van der Waals surface area (Å²) in [5.41, 5.74) is 0.893. The molecule has 4 aromatic carbocycles. The second-order valence-electron chi connectivity index (χ2n) is 10.0. The van der Waals surface area contributed by atoms with E-state index in [0.29, 0.717) is 32.0 Å². The van der Waals surface area contributed by atoms with Crippen molar-refractivity contribution in [1.82, 2.24) is 4.98 Å². The number of alkyl halides is 3. The standard InChI is InChI=1S/C30H26ClF3N2O3S3/c1-3-6-17(2)13-18-9-12-24-26(14-18)40-29(35-24)41-27-16-25(20-7-4-5-8-21(20)28(27)37)36-42(38,39)19-10-11-23(31)22(15-19)30(32,33)34/h4-5,7-12,14-17,36-37H,3,6,13H2,1-2H3. The van der Waals surface area contributed by atoms with E-state index in [1.54, 1.807) is 24.3 Å². The van der Waals surface area contributed by atoms with Gasteiger partial charge in [0.05, 0.1) is 36.3 Å². The molecule has 42 heavy (non-hydrogen) atoms. The summed E-state index contributed by atoms with van der Waals surface area (Å²) in [7, 11) is -4.46. The van der Waals surface area contributed by atoms with Gasteiger partial charge in [0.25, 0.3) is 10.0 Å². The van der Waals surface area contributed by atoms with Gasteiger partial charge in [0.2, 0.25) is 0 Å². The number of nitrogens with zero attached hydrogens (tertiary/aromatic N) is 1. The fourth-order valence-electron chi connectivity index (χ4n) is 4.80. The SMILES string of the molecule is CCCC(C)Cc1ccc2nc(Sc3cc(NS(=O)(=O)c4ccc(Cl)c(C(F)(F)F)c4)c4ccccc4c3O)sc2c1. The Balaban J connectivity index is 1.50. The van der Waals surface area contributed by atoms with Crippen molar-refractivity contribution in [3.63, 3.8) is 0 Å². The van der Waals surface area contributed by atoms with Crippen molar-refractivity contribution in [2.24, 2.45) is 5.92 Å². The summed E-state index contributed by atoms with van der Waals surface area (Å²) >= 11 is 8.33. The third-order valence-corrected chi connectivity index (χ3v) is 10.6. The van der Waals surface area contributed by atoms with Gasteiger partial charge in [0.15, 0.2) is 4.34 Å². The van der Waals surface area contributed by atoms with Crippen molar-refractivity contribution in [2.45, 2.75) is 53.4 Å². The van der Waals surface area contributed by atoms with Crippen molar-refractivity contribution in [3.05, 3.63) is 82.9 Å². The van der Waals surface area contributed by atoms with Gasteiger partial charge in [0, 0.05) is 10.8 Å². The van der Waals surface area contributed by atoms with E-state index in [9.17, 15) is 26.7 Å². The zero-order chi connectivity index (χ0) is 30.2. The highest BCUT2D eigenvalue weighted by Gasteiger charge is 2.34. The van der Waals surface area contributed by atoms with E-state index in [1.165, 1.54) is 34.7 Å². The van der Waals surface area contributed by atoms with Crippen molar-refractivity contribution < 1.29 is 26.7 Å². The number of anilines is 1. The number of nitrogens with one attached hydrogen (secondary N) is 1. The summed E-state index contributed by atoms with van der Waals surface area (Å²) < 4.78 is 70.8. The maximum absolute atomic E-state index is 13.4. The molecule has 0 fully saturated rings. The van der Waals surface area contributed by atoms with Crippen molar-refractivity contribution in [1.29, 1.82) is 0 Å². The number of aromatic nitrogens is 1. The van der Waals surface area contributed by atoms with Crippen LogP contribution in [0.5, 0.6) is 5.75 Å². The van der Waals surface area contributed by atoms with Crippen molar-refractivity contribution >= 4 is 71.4 Å². The van der Waals surface area contributed by atoms with Crippen LogP contribution in [0.15, 0.2) is 80.9 Å². The van der Waals surface area contributed by atoms with Gasteiger partial charge in [-0.2, -0.15) is 13.2 Å². The third kappa shape index (κ3) is 6.49. The maximum atomic E-state index is 13.4. The van der Waals surface area contributed by atoms with Crippen LogP contribution in [0.2, 0.25) is 5.02 Å². The van der Waals surface area contributed by atoms with Crippen LogP contribution < -0.4 is 4.72 Å². The molecule has 220 valence electrons. The summed E-state index contributed by atoms with van der Waals surface area (Å²) in [6.45, 7) is 4.41. The van der Waals surface area contributed by atoms with Crippen molar-refractivity contribution in [3.8, 4) is 5.75 Å². The van der Waals surface area contributed by atoms with Crippen LogP contribution in [0.4, 0.5) is 18.9 Å². The first-order chi connectivity index (χ1) is 19.9. The average Bonchev–Trinajstić information content (AvgIpc) is 3.32. The van der Waals surface area contributed by atoms with Crippen LogP contribution in [0, 0.1) is 5.92 Å². The molecular formula is C30H26ClF3N2O3S3. The van der Waals surface area contributed by atoms with E-state index in [4.69, 9.17) is 16.6 Å². The smallest absolute Gasteiger partial charge is 0.417 e. The number of sulfonamides is 1. The molecule has 0 radical (unpaired) electrons. The van der Waals surface area contributed by atoms with E-state index in [-0.39, 0.29) is 11.4 Å². The van der Waals surface area contributed by atoms with E-state index in [0.717, 1.165) is 41.6 Å². The predicted molar refractivity (Wildman–Crippen MR) is 164 cm³/mol. The molecule has 0 aliphatic carbocycles. The lowest BCUT2D eigenvalue weighted by molar-refractivity contribution is -0.137. The first-order valence-corrected chi connectivity index (χ1v) is 16.6. The van der Waals surface area contributed by atoms with E-state index >= 15 is 0 Å². The highest BCUT2D eigenvalue weighted by molar-refractivity contribution is 8.01. The third-order valence-electron chi connectivity index (χ3n) is 6.78. The molecule has 1 aromatic heterocycles. The first kappa shape index (κ1) is 30.5. The Kier molecular flexibility index (Phi) is 8.67. The Hall–Kier alpha value is -2.99. The van der Waals surface area contributed by atoms with E-state index < -0.39 is 31.7 Å². The quantitative estimate of drug-likeness (QED) is 0.155. The average molecular weight is 651 g/mol. The van der Waals surface area contributed by atoms with Gasteiger partial charge < -0.3 is 5.11 Å². The number of fused-ring (bicyclic) bond motifs is 2. The Morgan fingerprint density at radius 1 is 1.07 bits per heavy atom. The highest BCUT2D eigenvalue weighted by atomic mass is 35.5. The Bertz CT molecular complexity index is 1890. The van der Waals surface area contributed by atoms with Crippen LogP contribution >= 0.6 is 34.7 Å². The molecule has 0 aliphatic rings. The largest absolute Gasteiger partial charge is 0.506 e. The second kappa shape index (κ2) is 11.9. The number of halogens is 4. The van der Waals surface area contributed by atoms with Crippen molar-refractivity contribution in [2.75, 3.05) is 4.72 Å². The Morgan fingerprint density at radius 2 is 1.81 bits per heavy atom. The molecule has 0 saturated carbocycles. The molecule has 12 heteroatoms. The molecule has 0 amide bonds. The highest BCUT2D eigenvalue weighted by Crippen LogP contribution is 2.45. The topological polar surface area (TPSA) is 79.3 Å². The molecule has 0 saturated heterocycles. The first-order valence-electron chi connectivity index (χ1n) is 13.1. The van der Waals surface area contributed by atoms with Gasteiger partial charge in [-0.25, -0.2) is 13.4 Å². The van der Waals surface area contributed by atoms with Crippen LogP contribution in [0.25, 0.3) is 21.0 Å². The van der Waals surface area contributed by atoms with Gasteiger partial charge in [0.1, 0.15) is 5.75 Å². The van der Waals surface area contributed by atoms with E-state index in [1.807, 2.05) is 6.07 Å². The Morgan fingerprint density at radius 3 is 2.52 bits per heavy atom. The molecule has 5 rings (SSSR count). The van der Waals surface area contributed by atoms with Crippen LogP contribution in [0.3, 0.4) is 0 Å². The zero-order valence-corrected chi connectivity index (χ0v) is 25.7. The number of hydrogen-bond acceptors (Lipinski definition) is 6. The second-order valence-corrected chi connectivity index (χ2v) is 14.5. The summed E-state index contributed by atoms with van der Waals surface area (Å²) in [5, 5.41) is 11.3. The number of hydrogen-bond donors (Lipinski definition) is 2. The molecule has 1 unspecified atom stereocenters. The summed E-state index contributed by atoms with van der Waals surface area (Å²) in [6, 6.07) is 16.7. The van der Waals surface area contributed by atoms with Crippen LogP contribution in [-0.4, -0.2) is 18.5 Å². The molecule has 0 bridgehead atoms. The molecule has 1 heterocycles. The van der Waals surface area contributed by atoms with Gasteiger partial charge in [-0.1, -0.05) is 80.4 Å². The van der Waals surface area contributed by atoms with Crippen LogP contribution in [0.1, 0.15) is 37.8 Å². The van der Waals surface area contributed by atoms with Crippen LogP contribution in [-0.2, 0) is 22.6 Å². The number of benzene rings is 4.